The number of benzene rings is 2. The van der Waals surface area contributed by atoms with Crippen molar-refractivity contribution >= 4 is 39.1 Å². The number of H-pyrrole nitrogens is 1. The summed E-state index contributed by atoms with van der Waals surface area (Å²) in [5, 5.41) is 9.58. The van der Waals surface area contributed by atoms with Crippen LogP contribution in [0.1, 0.15) is 10.5 Å². The summed E-state index contributed by atoms with van der Waals surface area (Å²) in [6.45, 7) is 0. The lowest BCUT2D eigenvalue weighted by Crippen LogP contribution is -2.12. The van der Waals surface area contributed by atoms with Gasteiger partial charge < -0.3 is 5.32 Å². The number of anilines is 1. The maximum absolute atomic E-state index is 13.2. The highest BCUT2D eigenvalue weighted by atomic mass is 79.9. The molecule has 0 radical (unpaired) electrons. The van der Waals surface area contributed by atoms with Gasteiger partial charge >= 0.3 is 0 Å². The van der Waals surface area contributed by atoms with Gasteiger partial charge in [0, 0.05) is 10.0 Å². The molecule has 116 valence electrons. The number of hydrogen-bond donors (Lipinski definition) is 2. The fraction of sp³-hybridized carbons (Fsp3) is 0. The topological polar surface area (TPSA) is 57.8 Å². The Morgan fingerprint density at radius 1 is 1.17 bits per heavy atom. The minimum Gasteiger partial charge on any atom is -0.319 e. The molecule has 2 N–H and O–H groups in total. The Kier molecular flexibility index (Phi) is 4.45. The summed E-state index contributed by atoms with van der Waals surface area (Å²) in [4.78, 5) is 12.2. The van der Waals surface area contributed by atoms with Gasteiger partial charge in [0.15, 0.2) is 0 Å². The van der Waals surface area contributed by atoms with E-state index < -0.39 is 11.7 Å². The second-order valence-electron chi connectivity index (χ2n) is 4.75. The molecule has 0 aliphatic rings. The maximum Gasteiger partial charge on any atom is 0.273 e. The van der Waals surface area contributed by atoms with Gasteiger partial charge in [-0.3, -0.25) is 9.89 Å². The number of rotatable bonds is 3. The van der Waals surface area contributed by atoms with Crippen LogP contribution in [0.15, 0.2) is 53.0 Å². The number of aromatic amines is 1. The Balaban J connectivity index is 1.81. The van der Waals surface area contributed by atoms with Crippen LogP contribution in [0.2, 0.25) is 5.02 Å². The van der Waals surface area contributed by atoms with E-state index in [0.29, 0.717) is 5.69 Å². The van der Waals surface area contributed by atoms with Crippen molar-refractivity contribution in [2.75, 3.05) is 5.32 Å². The molecule has 4 nitrogen and oxygen atoms in total. The van der Waals surface area contributed by atoms with Crippen molar-refractivity contribution in [1.82, 2.24) is 10.2 Å². The van der Waals surface area contributed by atoms with Crippen LogP contribution in [-0.2, 0) is 0 Å². The molecule has 0 fully saturated rings. The molecular formula is C16H10BrClFN3O. The highest BCUT2D eigenvalue weighted by Crippen LogP contribution is 2.24. The third-order valence-corrected chi connectivity index (χ3v) is 4.00. The summed E-state index contributed by atoms with van der Waals surface area (Å²) < 4.78 is 14.2. The summed E-state index contributed by atoms with van der Waals surface area (Å²) >= 11 is 9.29. The second kappa shape index (κ2) is 6.52. The second-order valence-corrected chi connectivity index (χ2v) is 6.07. The summed E-state index contributed by atoms with van der Waals surface area (Å²) in [6.07, 6.45) is 0. The first-order chi connectivity index (χ1) is 11.0. The van der Waals surface area contributed by atoms with Gasteiger partial charge in [0.2, 0.25) is 0 Å². The molecule has 3 rings (SSSR count). The van der Waals surface area contributed by atoms with E-state index >= 15 is 0 Å². The van der Waals surface area contributed by atoms with Gasteiger partial charge in [-0.05, 0) is 36.4 Å². The molecule has 2 aromatic carbocycles. The predicted octanol–water partition coefficient (Wildman–Crippen LogP) is 4.88. The van der Waals surface area contributed by atoms with Gasteiger partial charge in [-0.1, -0.05) is 39.7 Å². The molecule has 0 unspecified atom stereocenters. The first-order valence-electron chi connectivity index (χ1n) is 6.61. The van der Waals surface area contributed by atoms with Gasteiger partial charge in [-0.2, -0.15) is 5.10 Å². The van der Waals surface area contributed by atoms with Crippen LogP contribution in [0.3, 0.4) is 0 Å². The van der Waals surface area contributed by atoms with E-state index in [1.165, 1.54) is 12.1 Å². The van der Waals surface area contributed by atoms with Crippen LogP contribution >= 0.6 is 27.5 Å². The molecule has 0 aliphatic carbocycles. The van der Waals surface area contributed by atoms with E-state index in [1.54, 1.807) is 6.07 Å². The smallest absolute Gasteiger partial charge is 0.273 e. The van der Waals surface area contributed by atoms with Crippen molar-refractivity contribution in [2.24, 2.45) is 0 Å². The number of carbonyl (C=O) groups is 1. The summed E-state index contributed by atoms with van der Waals surface area (Å²) in [5.41, 5.74) is 1.96. The van der Waals surface area contributed by atoms with E-state index in [4.69, 9.17) is 11.6 Å². The number of halogens is 3. The van der Waals surface area contributed by atoms with Crippen LogP contribution in [0, 0.1) is 5.82 Å². The maximum atomic E-state index is 13.2. The standard InChI is InChI=1S/C16H10BrClFN3O/c17-10-3-1-9(2-4-10)13-8-15(22-21-13)16(23)20-14-7-11(19)5-6-12(14)18/h1-8H,(H,20,23)(H,21,22). The van der Waals surface area contributed by atoms with E-state index in [9.17, 15) is 9.18 Å². The zero-order valence-electron chi connectivity index (χ0n) is 11.6. The number of carbonyl (C=O) groups excluding carboxylic acids is 1. The molecule has 3 aromatic rings. The summed E-state index contributed by atoms with van der Waals surface area (Å²) in [6, 6.07) is 12.9. The Labute approximate surface area is 144 Å². The SMILES string of the molecule is O=C(Nc1cc(F)ccc1Cl)c1cc(-c2ccc(Br)cc2)n[nH]1. The minimum atomic E-state index is -0.482. The summed E-state index contributed by atoms with van der Waals surface area (Å²) in [5.74, 6) is -0.932. The predicted molar refractivity (Wildman–Crippen MR) is 91.1 cm³/mol. The van der Waals surface area contributed by atoms with Crippen LogP contribution in [-0.4, -0.2) is 16.1 Å². The van der Waals surface area contributed by atoms with Crippen molar-refractivity contribution in [2.45, 2.75) is 0 Å². The molecule has 0 atom stereocenters. The van der Waals surface area contributed by atoms with Crippen molar-refractivity contribution in [3.8, 4) is 11.3 Å². The van der Waals surface area contributed by atoms with Crippen LogP contribution < -0.4 is 5.32 Å². The highest BCUT2D eigenvalue weighted by molar-refractivity contribution is 9.10. The largest absolute Gasteiger partial charge is 0.319 e. The van der Waals surface area contributed by atoms with Crippen molar-refractivity contribution < 1.29 is 9.18 Å². The Morgan fingerprint density at radius 3 is 2.65 bits per heavy atom. The zero-order chi connectivity index (χ0) is 16.4. The van der Waals surface area contributed by atoms with E-state index in [-0.39, 0.29) is 16.4 Å². The van der Waals surface area contributed by atoms with Gasteiger partial charge in [0.05, 0.1) is 16.4 Å². The van der Waals surface area contributed by atoms with Crippen LogP contribution in [0.25, 0.3) is 11.3 Å². The number of nitrogens with zero attached hydrogens (tertiary/aromatic N) is 1. The summed E-state index contributed by atoms with van der Waals surface area (Å²) in [7, 11) is 0. The molecule has 0 spiro atoms. The molecule has 1 heterocycles. The van der Waals surface area contributed by atoms with Crippen molar-refractivity contribution in [3.63, 3.8) is 0 Å². The average molecular weight is 395 g/mol. The Hall–Kier alpha value is -2.18. The monoisotopic (exact) mass is 393 g/mol. The third kappa shape index (κ3) is 3.60. The van der Waals surface area contributed by atoms with E-state index in [0.717, 1.165) is 16.1 Å². The van der Waals surface area contributed by atoms with E-state index in [2.05, 4.69) is 31.4 Å². The Bertz CT molecular complexity index is 864. The van der Waals surface area contributed by atoms with E-state index in [1.807, 2.05) is 24.3 Å². The molecule has 1 aromatic heterocycles. The van der Waals surface area contributed by atoms with Crippen LogP contribution in [0.5, 0.6) is 0 Å². The highest BCUT2D eigenvalue weighted by Gasteiger charge is 2.13. The molecule has 23 heavy (non-hydrogen) atoms. The fourth-order valence-electron chi connectivity index (χ4n) is 1.99. The molecule has 0 saturated heterocycles. The lowest BCUT2D eigenvalue weighted by atomic mass is 10.1. The molecular weight excluding hydrogens is 385 g/mol. The molecule has 0 aliphatic heterocycles. The van der Waals surface area contributed by atoms with Crippen molar-refractivity contribution in [1.29, 1.82) is 0 Å². The molecule has 0 bridgehead atoms. The quantitative estimate of drug-likeness (QED) is 0.665. The lowest BCUT2D eigenvalue weighted by molar-refractivity contribution is 0.102. The van der Waals surface area contributed by atoms with Gasteiger partial charge in [-0.15, -0.1) is 0 Å². The first kappa shape index (κ1) is 15.7. The normalized spacial score (nSPS) is 10.6. The number of hydrogen-bond acceptors (Lipinski definition) is 2. The van der Waals surface area contributed by atoms with Crippen LogP contribution in [0.4, 0.5) is 10.1 Å². The van der Waals surface area contributed by atoms with Gasteiger partial charge in [-0.25, -0.2) is 4.39 Å². The fourth-order valence-corrected chi connectivity index (χ4v) is 2.42. The minimum absolute atomic E-state index is 0.205. The number of aromatic nitrogens is 2. The molecule has 1 amide bonds. The number of amides is 1. The van der Waals surface area contributed by atoms with Crippen molar-refractivity contribution in [3.05, 3.63) is 69.5 Å². The van der Waals surface area contributed by atoms with Gasteiger partial charge in [0.1, 0.15) is 11.5 Å². The average Bonchev–Trinajstić information content (AvgIpc) is 3.02. The Morgan fingerprint density at radius 2 is 1.91 bits per heavy atom. The first-order valence-corrected chi connectivity index (χ1v) is 7.78. The van der Waals surface area contributed by atoms with Gasteiger partial charge in [0.25, 0.3) is 5.91 Å². The molecule has 0 saturated carbocycles. The number of nitrogens with one attached hydrogen (secondary N) is 2. The third-order valence-electron chi connectivity index (χ3n) is 3.14. The lowest BCUT2D eigenvalue weighted by Gasteiger charge is -2.05. The molecule has 7 heteroatoms. The zero-order valence-corrected chi connectivity index (χ0v) is 14.0.